The first kappa shape index (κ1) is 14.2. The number of nitrogens with zero attached hydrogens (tertiary/aromatic N) is 1. The van der Waals surface area contributed by atoms with Crippen LogP contribution in [0.3, 0.4) is 0 Å². The number of hydrogen-bond donors (Lipinski definition) is 0. The Hall–Kier alpha value is -1.17. The van der Waals surface area contributed by atoms with Crippen molar-refractivity contribution in [1.82, 2.24) is 4.98 Å². The number of carbonyl (C=O) groups is 1. The van der Waals surface area contributed by atoms with Crippen LogP contribution >= 0.6 is 23.1 Å². The van der Waals surface area contributed by atoms with Gasteiger partial charge in [-0.05, 0) is 12.1 Å². The van der Waals surface area contributed by atoms with E-state index in [2.05, 4.69) is 17.1 Å². The molecule has 0 N–H and O–H groups in total. The molecule has 1 heterocycles. The van der Waals surface area contributed by atoms with Crippen molar-refractivity contribution < 1.29 is 9.53 Å². The molecular formula is C14H15NO2S2. The van der Waals surface area contributed by atoms with Crippen molar-refractivity contribution in [3.05, 3.63) is 45.9 Å². The van der Waals surface area contributed by atoms with Gasteiger partial charge in [-0.25, -0.2) is 4.98 Å². The zero-order valence-electron chi connectivity index (χ0n) is 10.9. The summed E-state index contributed by atoms with van der Waals surface area (Å²) in [5.41, 5.74) is 0.753. The van der Waals surface area contributed by atoms with E-state index >= 15 is 0 Å². The first-order chi connectivity index (χ1) is 9.20. The Labute approximate surface area is 121 Å². The van der Waals surface area contributed by atoms with E-state index < -0.39 is 0 Å². The van der Waals surface area contributed by atoms with Crippen LogP contribution in [-0.4, -0.2) is 17.9 Å². The summed E-state index contributed by atoms with van der Waals surface area (Å²) in [6.07, 6.45) is 0. The second-order valence-electron chi connectivity index (χ2n) is 3.97. The molecule has 0 aliphatic carbocycles. The Kier molecular flexibility index (Phi) is 5.13. The third-order valence-corrected chi connectivity index (χ3v) is 4.85. The molecule has 0 saturated heterocycles. The number of thioether (sulfide) groups is 1. The fourth-order valence-corrected chi connectivity index (χ4v) is 3.51. The van der Waals surface area contributed by atoms with Crippen molar-refractivity contribution in [2.24, 2.45) is 0 Å². The largest absolute Gasteiger partial charge is 0.378 e. The van der Waals surface area contributed by atoms with Crippen molar-refractivity contribution in [2.75, 3.05) is 7.11 Å². The van der Waals surface area contributed by atoms with Crippen molar-refractivity contribution in [3.8, 4) is 0 Å². The molecule has 0 aliphatic heterocycles. The normalized spacial score (nSPS) is 10.6. The van der Waals surface area contributed by atoms with E-state index in [0.29, 0.717) is 11.5 Å². The minimum absolute atomic E-state index is 0.0560. The average molecular weight is 293 g/mol. The van der Waals surface area contributed by atoms with Crippen molar-refractivity contribution >= 4 is 28.9 Å². The van der Waals surface area contributed by atoms with Gasteiger partial charge in [0, 0.05) is 18.9 Å². The first-order valence-corrected chi connectivity index (χ1v) is 7.67. The van der Waals surface area contributed by atoms with E-state index in [-0.39, 0.29) is 5.78 Å². The van der Waals surface area contributed by atoms with Crippen molar-refractivity contribution in [1.29, 1.82) is 0 Å². The summed E-state index contributed by atoms with van der Waals surface area (Å²) in [7, 11) is 1.61. The van der Waals surface area contributed by atoms with Crippen molar-refractivity contribution in [3.63, 3.8) is 0 Å². The number of ether oxygens (including phenoxy) is 1. The van der Waals surface area contributed by atoms with Crippen LogP contribution in [-0.2, 0) is 17.1 Å². The molecule has 0 amide bonds. The van der Waals surface area contributed by atoms with Gasteiger partial charge in [0.2, 0.25) is 0 Å². The van der Waals surface area contributed by atoms with Gasteiger partial charge >= 0.3 is 0 Å². The molecule has 0 spiro atoms. The van der Waals surface area contributed by atoms with Crippen LogP contribution in [0.5, 0.6) is 0 Å². The summed E-state index contributed by atoms with van der Waals surface area (Å²) in [5, 5.41) is 0.964. The van der Waals surface area contributed by atoms with Gasteiger partial charge in [-0.1, -0.05) is 18.2 Å². The fourth-order valence-electron chi connectivity index (χ4n) is 1.63. The topological polar surface area (TPSA) is 39.2 Å². The van der Waals surface area contributed by atoms with E-state index in [0.717, 1.165) is 16.5 Å². The van der Waals surface area contributed by atoms with Crippen LogP contribution in [0.2, 0.25) is 0 Å². The van der Waals surface area contributed by atoms with Gasteiger partial charge in [0.25, 0.3) is 0 Å². The summed E-state index contributed by atoms with van der Waals surface area (Å²) >= 11 is 3.19. The second-order valence-corrected chi connectivity index (χ2v) is 6.11. The third-order valence-electron chi connectivity index (χ3n) is 2.45. The van der Waals surface area contributed by atoms with Gasteiger partial charge in [-0.15, -0.1) is 23.1 Å². The Morgan fingerprint density at radius 1 is 1.37 bits per heavy atom. The molecule has 5 heteroatoms. The molecule has 3 nitrogen and oxygen atoms in total. The summed E-state index contributed by atoms with van der Waals surface area (Å²) in [6.45, 7) is 1.96. The van der Waals surface area contributed by atoms with Gasteiger partial charge in [-0.3, -0.25) is 4.79 Å². The molecule has 0 atom stereocenters. The molecule has 0 unspecified atom stereocenters. The van der Waals surface area contributed by atoms with Gasteiger partial charge in [-0.2, -0.15) is 0 Å². The summed E-state index contributed by atoms with van der Waals surface area (Å²) < 4.78 is 5.08. The van der Waals surface area contributed by atoms with Gasteiger partial charge in [0.05, 0.1) is 22.9 Å². The number of methoxy groups -OCH3 is 1. The quantitative estimate of drug-likeness (QED) is 0.600. The maximum absolute atomic E-state index is 11.5. The SMILES string of the molecule is COCc1nc(CSc2ccccc2)sc1C(C)=O. The molecule has 0 bridgehead atoms. The molecule has 0 saturated carbocycles. The lowest BCUT2D eigenvalue weighted by atomic mass is 10.3. The highest BCUT2D eigenvalue weighted by molar-refractivity contribution is 7.98. The minimum atomic E-state index is 0.0560. The average Bonchev–Trinajstić information content (AvgIpc) is 2.81. The molecular weight excluding hydrogens is 278 g/mol. The number of aromatic nitrogens is 1. The highest BCUT2D eigenvalue weighted by Crippen LogP contribution is 2.27. The Bertz CT molecular complexity index is 552. The smallest absolute Gasteiger partial charge is 0.171 e. The number of Topliss-reactive ketones (excluding diaryl/α,β-unsaturated/α-hetero) is 1. The Morgan fingerprint density at radius 3 is 2.74 bits per heavy atom. The highest BCUT2D eigenvalue weighted by Gasteiger charge is 2.14. The summed E-state index contributed by atoms with van der Waals surface area (Å²) in [4.78, 5) is 17.9. The Balaban J connectivity index is 2.08. The monoisotopic (exact) mass is 293 g/mol. The Morgan fingerprint density at radius 2 is 2.11 bits per heavy atom. The lowest BCUT2D eigenvalue weighted by Crippen LogP contribution is -1.97. The highest BCUT2D eigenvalue weighted by atomic mass is 32.2. The minimum Gasteiger partial charge on any atom is -0.378 e. The zero-order valence-corrected chi connectivity index (χ0v) is 12.5. The number of ketones is 1. The predicted molar refractivity (Wildman–Crippen MR) is 78.8 cm³/mol. The van der Waals surface area contributed by atoms with E-state index in [9.17, 15) is 4.79 Å². The lowest BCUT2D eigenvalue weighted by Gasteiger charge is -1.97. The molecule has 1 aromatic carbocycles. The van der Waals surface area contributed by atoms with Crippen LogP contribution < -0.4 is 0 Å². The van der Waals surface area contributed by atoms with Crippen LogP contribution in [0.25, 0.3) is 0 Å². The number of thiazole rings is 1. The number of hydrogen-bond acceptors (Lipinski definition) is 5. The van der Waals surface area contributed by atoms with Gasteiger partial charge in [0.15, 0.2) is 5.78 Å². The maximum atomic E-state index is 11.5. The van der Waals surface area contributed by atoms with Crippen LogP contribution in [0.15, 0.2) is 35.2 Å². The summed E-state index contributed by atoms with van der Waals surface area (Å²) in [6, 6.07) is 10.2. The fraction of sp³-hybridized carbons (Fsp3) is 0.286. The molecule has 100 valence electrons. The molecule has 19 heavy (non-hydrogen) atoms. The van der Waals surface area contributed by atoms with E-state index in [4.69, 9.17) is 4.74 Å². The molecule has 2 rings (SSSR count). The summed E-state index contributed by atoms with van der Waals surface area (Å²) in [5.74, 6) is 0.832. The third kappa shape index (κ3) is 3.89. The zero-order chi connectivity index (χ0) is 13.7. The lowest BCUT2D eigenvalue weighted by molar-refractivity contribution is 0.101. The molecule has 2 aromatic rings. The van der Waals surface area contributed by atoms with Crippen LogP contribution in [0.1, 0.15) is 27.3 Å². The standard InChI is InChI=1S/C14H15NO2S2/c1-10(16)14-12(8-17-2)15-13(19-14)9-18-11-6-4-3-5-7-11/h3-7H,8-9H2,1-2H3. The molecule has 1 aromatic heterocycles. The van der Waals surface area contributed by atoms with Gasteiger partial charge < -0.3 is 4.74 Å². The van der Waals surface area contributed by atoms with Crippen LogP contribution in [0.4, 0.5) is 0 Å². The van der Waals surface area contributed by atoms with Crippen LogP contribution in [0, 0.1) is 0 Å². The maximum Gasteiger partial charge on any atom is 0.171 e. The number of rotatable bonds is 6. The predicted octanol–water partition coefficient (Wildman–Crippen LogP) is 3.78. The van der Waals surface area contributed by atoms with E-state index in [1.165, 1.54) is 16.2 Å². The molecule has 0 aliphatic rings. The van der Waals surface area contributed by atoms with Gasteiger partial charge in [0.1, 0.15) is 5.01 Å². The van der Waals surface area contributed by atoms with Crippen molar-refractivity contribution in [2.45, 2.75) is 24.2 Å². The van der Waals surface area contributed by atoms with E-state index in [1.54, 1.807) is 25.8 Å². The van der Waals surface area contributed by atoms with E-state index in [1.807, 2.05) is 18.2 Å². The number of carbonyl (C=O) groups excluding carboxylic acids is 1. The molecule has 0 radical (unpaired) electrons. The number of benzene rings is 1. The first-order valence-electron chi connectivity index (χ1n) is 5.87. The molecule has 0 fully saturated rings. The second kappa shape index (κ2) is 6.84.